The Labute approximate surface area is 113 Å². The predicted octanol–water partition coefficient (Wildman–Crippen LogP) is 1.54. The van der Waals surface area contributed by atoms with E-state index in [1.807, 2.05) is 0 Å². The van der Waals surface area contributed by atoms with Gasteiger partial charge in [0.2, 0.25) is 0 Å². The van der Waals surface area contributed by atoms with Gasteiger partial charge >= 0.3 is 5.97 Å². The smallest absolute Gasteiger partial charge is 0.328 e. The number of amides is 1. The second kappa shape index (κ2) is 6.14. The van der Waals surface area contributed by atoms with Crippen molar-refractivity contribution >= 4 is 29.2 Å². The molecule has 0 aliphatic carbocycles. The molecular formula is C11H11ClN2O5. The number of hydrogen-bond donors (Lipinski definition) is 1. The molecule has 0 heterocycles. The maximum absolute atomic E-state index is 11.8. The standard InChI is InChI=1S/C11H11ClN2O5/c1-6(11(16)19-2)13-10(15)8-5-7(14(17)18)3-4-9(8)12/h3-6H,1-2H3,(H,13,15)/t6-/m0/s1. The van der Waals surface area contributed by atoms with Crippen LogP contribution in [0.15, 0.2) is 18.2 Å². The van der Waals surface area contributed by atoms with E-state index >= 15 is 0 Å². The third-order valence-electron chi connectivity index (χ3n) is 2.31. The number of nitro benzene ring substituents is 1. The summed E-state index contributed by atoms with van der Waals surface area (Å²) in [5.74, 6) is -1.32. The summed E-state index contributed by atoms with van der Waals surface area (Å²) in [5.41, 5.74) is -0.341. The topological polar surface area (TPSA) is 98.5 Å². The van der Waals surface area contributed by atoms with Crippen LogP contribution in [0.4, 0.5) is 5.69 Å². The lowest BCUT2D eigenvalue weighted by Gasteiger charge is -2.12. The van der Waals surface area contributed by atoms with Crippen LogP contribution in [0.2, 0.25) is 5.02 Å². The fourth-order valence-corrected chi connectivity index (χ4v) is 1.51. The number of nitrogens with one attached hydrogen (secondary N) is 1. The monoisotopic (exact) mass is 286 g/mol. The fourth-order valence-electron chi connectivity index (χ4n) is 1.31. The minimum Gasteiger partial charge on any atom is -0.467 e. The molecule has 1 N–H and O–H groups in total. The Kier molecular flexibility index (Phi) is 4.82. The number of non-ortho nitro benzene ring substituents is 1. The van der Waals surface area contributed by atoms with Crippen LogP contribution in [0.25, 0.3) is 0 Å². The maximum Gasteiger partial charge on any atom is 0.328 e. The molecule has 0 fully saturated rings. The second-order valence-corrected chi connectivity index (χ2v) is 4.05. The van der Waals surface area contributed by atoms with Crippen molar-refractivity contribution in [1.29, 1.82) is 0 Å². The summed E-state index contributed by atoms with van der Waals surface area (Å²) in [6.45, 7) is 1.43. The molecule has 8 heteroatoms. The van der Waals surface area contributed by atoms with Crippen molar-refractivity contribution in [3.63, 3.8) is 0 Å². The third kappa shape index (κ3) is 3.65. The molecule has 102 valence electrons. The highest BCUT2D eigenvalue weighted by Crippen LogP contribution is 2.22. The molecular weight excluding hydrogens is 276 g/mol. The van der Waals surface area contributed by atoms with Gasteiger partial charge in [0.25, 0.3) is 11.6 Å². The van der Waals surface area contributed by atoms with E-state index in [2.05, 4.69) is 10.1 Å². The largest absolute Gasteiger partial charge is 0.467 e. The van der Waals surface area contributed by atoms with E-state index in [-0.39, 0.29) is 16.3 Å². The number of esters is 1. The molecule has 0 aliphatic rings. The molecule has 1 aromatic rings. The van der Waals surface area contributed by atoms with E-state index in [1.54, 1.807) is 0 Å². The van der Waals surface area contributed by atoms with Crippen LogP contribution < -0.4 is 5.32 Å². The summed E-state index contributed by atoms with van der Waals surface area (Å²) in [4.78, 5) is 33.0. The van der Waals surface area contributed by atoms with Gasteiger partial charge in [0.1, 0.15) is 6.04 Å². The van der Waals surface area contributed by atoms with E-state index in [9.17, 15) is 19.7 Å². The number of halogens is 1. The van der Waals surface area contributed by atoms with Gasteiger partial charge in [-0.3, -0.25) is 14.9 Å². The number of benzene rings is 1. The Hall–Kier alpha value is -2.15. The number of rotatable bonds is 4. The zero-order chi connectivity index (χ0) is 14.6. The maximum atomic E-state index is 11.8. The number of ether oxygens (including phenoxy) is 1. The van der Waals surface area contributed by atoms with Crippen LogP contribution >= 0.6 is 11.6 Å². The first kappa shape index (κ1) is 14.9. The molecule has 0 radical (unpaired) electrons. The molecule has 7 nitrogen and oxygen atoms in total. The molecule has 1 rings (SSSR count). The first-order valence-electron chi connectivity index (χ1n) is 5.19. The Morgan fingerprint density at radius 2 is 2.11 bits per heavy atom. The molecule has 0 saturated carbocycles. The number of methoxy groups -OCH3 is 1. The molecule has 0 unspecified atom stereocenters. The van der Waals surface area contributed by atoms with Crippen LogP contribution in [-0.2, 0) is 9.53 Å². The Bertz CT molecular complexity index is 532. The predicted molar refractivity (Wildman–Crippen MR) is 67.1 cm³/mol. The quantitative estimate of drug-likeness (QED) is 0.514. The highest BCUT2D eigenvalue weighted by Gasteiger charge is 2.20. The molecule has 0 bridgehead atoms. The lowest BCUT2D eigenvalue weighted by molar-refractivity contribution is -0.384. The van der Waals surface area contributed by atoms with Gasteiger partial charge in [0, 0.05) is 12.1 Å². The van der Waals surface area contributed by atoms with Gasteiger partial charge in [0.05, 0.1) is 22.6 Å². The van der Waals surface area contributed by atoms with Gasteiger partial charge < -0.3 is 10.1 Å². The Morgan fingerprint density at radius 3 is 2.63 bits per heavy atom. The minimum absolute atomic E-state index is 0.0557. The van der Waals surface area contributed by atoms with Crippen LogP contribution in [-0.4, -0.2) is 30.0 Å². The number of carbonyl (C=O) groups is 2. The Balaban J connectivity index is 2.96. The first-order valence-corrected chi connectivity index (χ1v) is 5.57. The van der Waals surface area contributed by atoms with Crippen molar-refractivity contribution in [2.75, 3.05) is 7.11 Å². The minimum atomic E-state index is -0.882. The molecule has 0 aliphatic heterocycles. The van der Waals surface area contributed by atoms with Crippen LogP contribution in [0.5, 0.6) is 0 Å². The summed E-state index contributed by atoms with van der Waals surface area (Å²) in [7, 11) is 1.19. The van der Waals surface area contributed by atoms with Crippen molar-refractivity contribution in [2.45, 2.75) is 13.0 Å². The van der Waals surface area contributed by atoms with E-state index in [0.717, 1.165) is 6.07 Å². The molecule has 0 aromatic heterocycles. The molecule has 1 aromatic carbocycles. The zero-order valence-electron chi connectivity index (χ0n) is 10.2. The van der Waals surface area contributed by atoms with E-state index in [0.29, 0.717) is 0 Å². The van der Waals surface area contributed by atoms with Gasteiger partial charge in [0.15, 0.2) is 0 Å². The van der Waals surface area contributed by atoms with Gasteiger partial charge in [-0.15, -0.1) is 0 Å². The number of nitrogens with zero attached hydrogens (tertiary/aromatic N) is 1. The van der Waals surface area contributed by atoms with Crippen LogP contribution in [0.1, 0.15) is 17.3 Å². The third-order valence-corrected chi connectivity index (χ3v) is 2.64. The lowest BCUT2D eigenvalue weighted by atomic mass is 10.1. The van der Waals surface area contributed by atoms with Crippen molar-refractivity contribution in [1.82, 2.24) is 5.32 Å². The first-order chi connectivity index (χ1) is 8.86. The van der Waals surface area contributed by atoms with E-state index in [4.69, 9.17) is 11.6 Å². The highest BCUT2D eigenvalue weighted by atomic mass is 35.5. The zero-order valence-corrected chi connectivity index (χ0v) is 10.9. The number of nitro groups is 1. The summed E-state index contributed by atoms with van der Waals surface area (Å²) < 4.78 is 4.45. The molecule has 1 atom stereocenters. The molecule has 19 heavy (non-hydrogen) atoms. The molecule has 0 spiro atoms. The number of hydrogen-bond acceptors (Lipinski definition) is 5. The summed E-state index contributed by atoms with van der Waals surface area (Å²) in [5, 5.41) is 13.0. The van der Waals surface area contributed by atoms with Gasteiger partial charge in [-0.1, -0.05) is 11.6 Å². The van der Waals surface area contributed by atoms with Crippen LogP contribution in [0.3, 0.4) is 0 Å². The van der Waals surface area contributed by atoms with Crippen molar-refractivity contribution in [3.05, 3.63) is 38.9 Å². The Morgan fingerprint density at radius 1 is 1.47 bits per heavy atom. The summed E-state index contributed by atoms with van der Waals surface area (Å²) in [6, 6.07) is 2.59. The van der Waals surface area contributed by atoms with Gasteiger partial charge in [-0.05, 0) is 13.0 Å². The lowest BCUT2D eigenvalue weighted by Crippen LogP contribution is -2.39. The average Bonchev–Trinajstić information content (AvgIpc) is 2.37. The normalized spacial score (nSPS) is 11.5. The fraction of sp³-hybridized carbons (Fsp3) is 0.273. The summed E-state index contributed by atoms with van der Waals surface area (Å²) in [6.07, 6.45) is 0. The SMILES string of the molecule is COC(=O)[C@H](C)NC(=O)c1cc([N+](=O)[O-])ccc1Cl. The van der Waals surface area contributed by atoms with Gasteiger partial charge in [-0.25, -0.2) is 4.79 Å². The van der Waals surface area contributed by atoms with Crippen LogP contribution in [0, 0.1) is 10.1 Å². The average molecular weight is 287 g/mol. The van der Waals surface area contributed by atoms with E-state index in [1.165, 1.54) is 26.2 Å². The van der Waals surface area contributed by atoms with Crippen molar-refractivity contribution < 1.29 is 19.2 Å². The number of carbonyl (C=O) groups excluding carboxylic acids is 2. The second-order valence-electron chi connectivity index (χ2n) is 3.64. The van der Waals surface area contributed by atoms with Gasteiger partial charge in [-0.2, -0.15) is 0 Å². The van der Waals surface area contributed by atoms with E-state index < -0.39 is 22.8 Å². The molecule has 0 saturated heterocycles. The van der Waals surface area contributed by atoms with Crippen molar-refractivity contribution in [3.8, 4) is 0 Å². The highest BCUT2D eigenvalue weighted by molar-refractivity contribution is 6.34. The summed E-state index contributed by atoms with van der Waals surface area (Å²) >= 11 is 5.79. The van der Waals surface area contributed by atoms with Crippen molar-refractivity contribution in [2.24, 2.45) is 0 Å². The molecule has 1 amide bonds.